The van der Waals surface area contributed by atoms with Crippen molar-refractivity contribution >= 4 is 23.2 Å². The van der Waals surface area contributed by atoms with Gasteiger partial charge in [0.1, 0.15) is 5.75 Å². The molecule has 32 heavy (non-hydrogen) atoms. The largest absolute Gasteiger partial charge is 0.491 e. The van der Waals surface area contributed by atoms with Gasteiger partial charge in [-0.3, -0.25) is 9.59 Å². The molecule has 0 fully saturated rings. The van der Waals surface area contributed by atoms with Crippen LogP contribution >= 0.6 is 0 Å². The van der Waals surface area contributed by atoms with E-state index in [0.29, 0.717) is 17.0 Å². The van der Waals surface area contributed by atoms with E-state index in [1.165, 1.54) is 0 Å². The molecule has 0 saturated heterocycles. The first-order valence-corrected chi connectivity index (χ1v) is 10.7. The molecule has 0 aliphatic heterocycles. The standard InChI is InChI=1S/C26H29N3O3/c1-18(2)32-24-11-7-10-23(16-24)29-25(30)17-27-22-14-12-21(13-15-22)26(31)28-19(3)20-8-5-4-6-9-20/h4-16,18-19,27H,17H2,1-3H3,(H,28,31)(H,29,30). The molecule has 3 N–H and O–H groups in total. The molecule has 0 heterocycles. The smallest absolute Gasteiger partial charge is 0.251 e. The van der Waals surface area contributed by atoms with Crippen molar-refractivity contribution in [2.75, 3.05) is 17.2 Å². The zero-order valence-electron chi connectivity index (χ0n) is 18.6. The van der Waals surface area contributed by atoms with E-state index in [-0.39, 0.29) is 30.5 Å². The molecule has 1 atom stereocenters. The van der Waals surface area contributed by atoms with Crippen LogP contribution in [0.5, 0.6) is 5.75 Å². The lowest BCUT2D eigenvalue weighted by atomic mass is 10.1. The van der Waals surface area contributed by atoms with Crippen molar-refractivity contribution in [3.63, 3.8) is 0 Å². The van der Waals surface area contributed by atoms with Gasteiger partial charge in [-0.1, -0.05) is 36.4 Å². The molecule has 0 aliphatic rings. The Bertz CT molecular complexity index is 1030. The maximum Gasteiger partial charge on any atom is 0.251 e. The molecule has 2 amide bonds. The fourth-order valence-corrected chi connectivity index (χ4v) is 3.15. The first-order valence-electron chi connectivity index (χ1n) is 10.7. The molecule has 6 heteroatoms. The van der Waals surface area contributed by atoms with E-state index in [2.05, 4.69) is 16.0 Å². The predicted octanol–water partition coefficient (Wildman–Crippen LogP) is 5.02. The number of nitrogens with one attached hydrogen (secondary N) is 3. The minimum atomic E-state index is -0.176. The number of hydrogen-bond donors (Lipinski definition) is 3. The van der Waals surface area contributed by atoms with Crippen LogP contribution in [-0.4, -0.2) is 24.5 Å². The first-order chi connectivity index (χ1) is 15.4. The maximum atomic E-state index is 12.5. The second-order valence-corrected chi connectivity index (χ2v) is 7.78. The average Bonchev–Trinajstić information content (AvgIpc) is 2.78. The van der Waals surface area contributed by atoms with Crippen molar-refractivity contribution in [3.8, 4) is 5.75 Å². The average molecular weight is 432 g/mol. The zero-order chi connectivity index (χ0) is 22.9. The Labute approximate surface area is 189 Å². The number of benzene rings is 3. The number of carbonyl (C=O) groups is 2. The Morgan fingerprint density at radius 3 is 2.25 bits per heavy atom. The Balaban J connectivity index is 1.49. The summed E-state index contributed by atoms with van der Waals surface area (Å²) in [6.45, 7) is 5.96. The van der Waals surface area contributed by atoms with E-state index in [0.717, 1.165) is 11.3 Å². The summed E-state index contributed by atoms with van der Waals surface area (Å²) in [7, 11) is 0. The second kappa shape index (κ2) is 11.0. The molecule has 6 nitrogen and oxygen atoms in total. The van der Waals surface area contributed by atoms with Gasteiger partial charge in [0.15, 0.2) is 0 Å². The quantitative estimate of drug-likeness (QED) is 0.445. The highest BCUT2D eigenvalue weighted by atomic mass is 16.5. The summed E-state index contributed by atoms with van der Waals surface area (Å²) in [6, 6.07) is 24.1. The van der Waals surface area contributed by atoms with Crippen LogP contribution in [0, 0.1) is 0 Å². The predicted molar refractivity (Wildman–Crippen MR) is 128 cm³/mol. The molecule has 0 saturated carbocycles. The van der Waals surface area contributed by atoms with Crippen LogP contribution in [0.15, 0.2) is 78.9 Å². The molecule has 0 aliphatic carbocycles. The fraction of sp³-hybridized carbons (Fsp3) is 0.231. The van der Waals surface area contributed by atoms with Crippen molar-refractivity contribution < 1.29 is 14.3 Å². The van der Waals surface area contributed by atoms with Gasteiger partial charge >= 0.3 is 0 Å². The highest BCUT2D eigenvalue weighted by Crippen LogP contribution is 2.19. The van der Waals surface area contributed by atoms with Gasteiger partial charge in [-0.15, -0.1) is 0 Å². The summed E-state index contributed by atoms with van der Waals surface area (Å²) in [5.41, 5.74) is 3.04. The molecule has 0 spiro atoms. The number of amides is 2. The maximum absolute atomic E-state index is 12.5. The van der Waals surface area contributed by atoms with Gasteiger partial charge in [0.2, 0.25) is 5.91 Å². The van der Waals surface area contributed by atoms with Crippen LogP contribution in [0.2, 0.25) is 0 Å². The van der Waals surface area contributed by atoms with E-state index in [9.17, 15) is 9.59 Å². The van der Waals surface area contributed by atoms with Crippen molar-refractivity contribution in [2.24, 2.45) is 0 Å². The summed E-state index contributed by atoms with van der Waals surface area (Å²) in [4.78, 5) is 24.8. The highest BCUT2D eigenvalue weighted by molar-refractivity contribution is 5.95. The molecular formula is C26H29N3O3. The number of rotatable bonds is 9. The number of anilines is 2. The molecular weight excluding hydrogens is 402 g/mol. The third-order valence-electron chi connectivity index (χ3n) is 4.74. The van der Waals surface area contributed by atoms with Gasteiger partial charge in [-0.2, -0.15) is 0 Å². The first kappa shape index (κ1) is 22.9. The van der Waals surface area contributed by atoms with E-state index in [1.54, 1.807) is 30.3 Å². The normalized spacial score (nSPS) is 11.5. The summed E-state index contributed by atoms with van der Waals surface area (Å²) in [6.07, 6.45) is 0.0641. The van der Waals surface area contributed by atoms with Gasteiger partial charge in [-0.25, -0.2) is 0 Å². The lowest BCUT2D eigenvalue weighted by Gasteiger charge is -2.14. The highest BCUT2D eigenvalue weighted by Gasteiger charge is 2.11. The number of ether oxygens (including phenoxy) is 1. The minimum absolute atomic E-state index is 0.0641. The summed E-state index contributed by atoms with van der Waals surface area (Å²) >= 11 is 0. The van der Waals surface area contributed by atoms with Gasteiger partial charge in [0, 0.05) is 23.0 Å². The molecule has 0 bridgehead atoms. The van der Waals surface area contributed by atoms with Gasteiger partial charge in [-0.05, 0) is 62.7 Å². The van der Waals surface area contributed by atoms with Crippen molar-refractivity contribution in [2.45, 2.75) is 32.9 Å². The third kappa shape index (κ3) is 6.87. The molecule has 3 aromatic rings. The SMILES string of the molecule is CC(C)Oc1cccc(NC(=O)CNc2ccc(C(=O)NC(C)c3ccccc3)cc2)c1. The summed E-state index contributed by atoms with van der Waals surface area (Å²) < 4.78 is 5.65. The van der Waals surface area contributed by atoms with Crippen molar-refractivity contribution in [1.82, 2.24) is 5.32 Å². The van der Waals surface area contributed by atoms with E-state index in [4.69, 9.17) is 4.74 Å². The van der Waals surface area contributed by atoms with Crippen molar-refractivity contribution in [3.05, 3.63) is 90.0 Å². The Morgan fingerprint density at radius 1 is 0.844 bits per heavy atom. The van der Waals surface area contributed by atoms with Gasteiger partial charge < -0.3 is 20.7 Å². The third-order valence-corrected chi connectivity index (χ3v) is 4.74. The van der Waals surface area contributed by atoms with Crippen LogP contribution in [0.25, 0.3) is 0 Å². The molecule has 0 aromatic heterocycles. The number of hydrogen-bond acceptors (Lipinski definition) is 4. The molecule has 166 valence electrons. The van der Waals surface area contributed by atoms with Crippen LogP contribution in [-0.2, 0) is 4.79 Å². The molecule has 1 unspecified atom stereocenters. The monoisotopic (exact) mass is 431 g/mol. The lowest BCUT2D eigenvalue weighted by molar-refractivity contribution is -0.114. The minimum Gasteiger partial charge on any atom is -0.491 e. The van der Waals surface area contributed by atoms with E-state index >= 15 is 0 Å². The van der Waals surface area contributed by atoms with E-state index < -0.39 is 0 Å². The fourth-order valence-electron chi connectivity index (χ4n) is 3.15. The van der Waals surface area contributed by atoms with Gasteiger partial charge in [0.25, 0.3) is 5.91 Å². The zero-order valence-corrected chi connectivity index (χ0v) is 18.6. The summed E-state index contributed by atoms with van der Waals surface area (Å²) in [5, 5.41) is 8.91. The van der Waals surface area contributed by atoms with Crippen LogP contribution in [0.4, 0.5) is 11.4 Å². The van der Waals surface area contributed by atoms with Crippen LogP contribution < -0.4 is 20.7 Å². The Kier molecular flexibility index (Phi) is 7.86. The lowest BCUT2D eigenvalue weighted by Crippen LogP contribution is -2.26. The van der Waals surface area contributed by atoms with Crippen LogP contribution in [0.3, 0.4) is 0 Å². The molecule has 3 aromatic carbocycles. The molecule has 0 radical (unpaired) electrons. The van der Waals surface area contributed by atoms with E-state index in [1.807, 2.05) is 69.3 Å². The topological polar surface area (TPSA) is 79.5 Å². The Hall–Kier alpha value is -3.80. The summed E-state index contributed by atoms with van der Waals surface area (Å²) in [5.74, 6) is 0.389. The van der Waals surface area contributed by atoms with Crippen LogP contribution in [0.1, 0.15) is 42.7 Å². The second-order valence-electron chi connectivity index (χ2n) is 7.78. The number of carbonyl (C=O) groups excluding carboxylic acids is 2. The Morgan fingerprint density at radius 2 is 1.56 bits per heavy atom. The van der Waals surface area contributed by atoms with Gasteiger partial charge in [0.05, 0.1) is 18.7 Å². The molecule has 3 rings (SSSR count). The van der Waals surface area contributed by atoms with Crippen molar-refractivity contribution in [1.29, 1.82) is 0 Å².